The van der Waals surface area contributed by atoms with Crippen molar-refractivity contribution in [3.63, 3.8) is 0 Å². The van der Waals surface area contributed by atoms with Crippen molar-refractivity contribution in [1.29, 1.82) is 0 Å². The lowest BCUT2D eigenvalue weighted by Crippen LogP contribution is -2.37. The summed E-state index contributed by atoms with van der Waals surface area (Å²) in [6, 6.07) is 0. The molecule has 8 nitrogen and oxygen atoms in total. The molecular weight excluding hydrogens is 275 g/mol. The summed E-state index contributed by atoms with van der Waals surface area (Å²) in [5.41, 5.74) is 0. The molecule has 0 spiro atoms. The highest BCUT2D eigenvalue weighted by atomic mass is 31.2. The fraction of sp³-hybridized carbons (Fsp3) is 0.700. The number of amides is 1. The molecule has 2 atom stereocenters. The predicted octanol–water partition coefficient (Wildman–Crippen LogP) is -0.226. The number of carbonyl (C=O) groups is 1. The second-order valence-electron chi connectivity index (χ2n) is 4.82. The van der Waals surface area contributed by atoms with E-state index in [2.05, 4.69) is 26.0 Å². The van der Waals surface area contributed by atoms with E-state index in [4.69, 9.17) is 0 Å². The van der Waals surface area contributed by atoms with Gasteiger partial charge in [-0.05, 0) is 13.0 Å². The molecule has 0 heterocycles. The number of nitrogens with zero attached hydrogens (tertiary/aromatic N) is 1. The van der Waals surface area contributed by atoms with Crippen LogP contribution in [-0.4, -0.2) is 50.9 Å². The molecule has 2 unspecified atom stereocenters. The first-order chi connectivity index (χ1) is 8.56. The Morgan fingerprint density at radius 1 is 1.53 bits per heavy atom. The van der Waals surface area contributed by atoms with Crippen LogP contribution in [-0.2, 0) is 23.4 Å². The van der Waals surface area contributed by atoms with Crippen molar-refractivity contribution in [3.05, 3.63) is 12.7 Å². The molecule has 0 aliphatic rings. The lowest BCUT2D eigenvalue weighted by Gasteiger charge is -2.27. The van der Waals surface area contributed by atoms with Crippen LogP contribution in [0, 0.1) is 0 Å². The molecule has 0 rings (SSSR count). The Balaban J connectivity index is 3.99. The molecule has 0 aliphatic heterocycles. The topological polar surface area (TPSA) is 96.9 Å². The van der Waals surface area contributed by atoms with Gasteiger partial charge in [0.15, 0.2) is 6.23 Å². The van der Waals surface area contributed by atoms with Crippen LogP contribution in [0.4, 0.5) is 0 Å². The highest BCUT2D eigenvalue weighted by molar-refractivity contribution is 7.45. The van der Waals surface area contributed by atoms with E-state index in [1.807, 2.05) is 21.1 Å². The molecule has 0 aliphatic carbocycles. The number of phosphoric ester groups is 1. The normalized spacial score (nSPS) is 16.5. The summed E-state index contributed by atoms with van der Waals surface area (Å²) in [4.78, 5) is 26.7. The van der Waals surface area contributed by atoms with E-state index in [0.717, 1.165) is 6.08 Å². The lowest BCUT2D eigenvalue weighted by molar-refractivity contribution is -0.870. The number of carbonyl (C=O) groups excluding carboxylic acids is 1. The van der Waals surface area contributed by atoms with E-state index >= 15 is 0 Å². The Bertz CT molecular complexity index is 354. The maximum absolute atomic E-state index is 11.3. The second-order valence-corrected chi connectivity index (χ2v) is 6.12. The van der Waals surface area contributed by atoms with E-state index in [1.54, 1.807) is 0 Å². The molecule has 0 bridgehead atoms. The maximum atomic E-state index is 11.3. The summed E-state index contributed by atoms with van der Waals surface area (Å²) in [7, 11) is 1.13. The van der Waals surface area contributed by atoms with Gasteiger partial charge in [0, 0.05) is 0 Å². The van der Waals surface area contributed by atoms with Crippen molar-refractivity contribution >= 4 is 13.7 Å². The highest BCUT2D eigenvalue weighted by Gasteiger charge is 2.16. The van der Waals surface area contributed by atoms with E-state index in [1.165, 1.54) is 6.92 Å². The summed E-state index contributed by atoms with van der Waals surface area (Å²) in [5, 5.41) is 2.26. The molecule has 1 N–H and O–H groups in total. The number of phosphoric acid groups is 1. The van der Waals surface area contributed by atoms with Crippen molar-refractivity contribution in [3.8, 4) is 0 Å². The van der Waals surface area contributed by atoms with E-state index in [0.29, 0.717) is 11.0 Å². The summed E-state index contributed by atoms with van der Waals surface area (Å²) in [6.45, 7) is 5.09. The van der Waals surface area contributed by atoms with E-state index < -0.39 is 20.0 Å². The molecule has 0 aromatic heterocycles. The summed E-state index contributed by atoms with van der Waals surface area (Å²) in [5.74, 6) is -0.511. The molecule has 0 saturated carbocycles. The zero-order valence-corrected chi connectivity index (χ0v) is 12.5. The Morgan fingerprint density at radius 2 is 2.11 bits per heavy atom. The van der Waals surface area contributed by atoms with Crippen LogP contribution in [0.15, 0.2) is 12.7 Å². The zero-order chi connectivity index (χ0) is 15.1. The van der Waals surface area contributed by atoms with Gasteiger partial charge >= 0.3 is 0 Å². The van der Waals surface area contributed by atoms with Crippen molar-refractivity contribution in [2.24, 2.45) is 0 Å². The smallest absolute Gasteiger partial charge is 0.298 e. The van der Waals surface area contributed by atoms with Crippen LogP contribution in [0.25, 0.3) is 0 Å². The number of hydrogen-bond acceptors (Lipinski definition) is 6. The third-order valence-electron chi connectivity index (χ3n) is 1.82. The second kappa shape index (κ2) is 7.74. The third-order valence-corrected chi connectivity index (χ3v) is 2.59. The lowest BCUT2D eigenvalue weighted by atomic mass is 10.5. The molecule has 0 radical (unpaired) electrons. The fourth-order valence-electron chi connectivity index (χ4n) is 0.849. The highest BCUT2D eigenvalue weighted by Crippen LogP contribution is 2.38. The van der Waals surface area contributed by atoms with Crippen LogP contribution in [0.5, 0.6) is 0 Å². The molecule has 0 fully saturated rings. The zero-order valence-electron chi connectivity index (χ0n) is 11.6. The van der Waals surface area contributed by atoms with Crippen LogP contribution >= 0.6 is 7.82 Å². The van der Waals surface area contributed by atoms with Crippen molar-refractivity contribution < 1.29 is 32.8 Å². The van der Waals surface area contributed by atoms with Gasteiger partial charge in [0.1, 0.15) is 13.2 Å². The van der Waals surface area contributed by atoms with Crippen molar-refractivity contribution in [2.75, 3.05) is 34.3 Å². The van der Waals surface area contributed by atoms with E-state index in [-0.39, 0.29) is 6.61 Å². The van der Waals surface area contributed by atoms with Gasteiger partial charge in [0.05, 0.1) is 21.1 Å². The van der Waals surface area contributed by atoms with Gasteiger partial charge in [-0.3, -0.25) is 9.36 Å². The molecule has 0 saturated heterocycles. The molecule has 112 valence electrons. The summed E-state index contributed by atoms with van der Waals surface area (Å²) in [6.07, 6.45) is 0.0729. The Kier molecular flexibility index (Phi) is 7.43. The Labute approximate surface area is 113 Å². The minimum Gasteiger partial charge on any atom is -0.754 e. The SMILES string of the molecule is C=CC(=O)NC(C)OOP(=O)([O-])OCC[N+](C)(C)C. The number of nitrogens with one attached hydrogen (secondary N) is 1. The maximum Gasteiger partial charge on any atom is 0.298 e. The first kappa shape index (κ1) is 18.2. The average Bonchev–Trinajstić information content (AvgIpc) is 2.24. The van der Waals surface area contributed by atoms with Gasteiger partial charge < -0.3 is 19.2 Å². The van der Waals surface area contributed by atoms with Crippen LogP contribution in [0.3, 0.4) is 0 Å². The quantitative estimate of drug-likeness (QED) is 0.158. The third kappa shape index (κ3) is 10.8. The minimum absolute atomic E-state index is 0.0268. The van der Waals surface area contributed by atoms with Crippen LogP contribution in [0.1, 0.15) is 6.92 Å². The molecular formula is C10H21N2O6P. The largest absolute Gasteiger partial charge is 0.754 e. The van der Waals surface area contributed by atoms with Crippen molar-refractivity contribution in [2.45, 2.75) is 13.2 Å². The minimum atomic E-state index is -4.54. The molecule has 9 heteroatoms. The summed E-state index contributed by atoms with van der Waals surface area (Å²) < 4.78 is 20.6. The molecule has 19 heavy (non-hydrogen) atoms. The number of hydrogen-bond donors (Lipinski definition) is 1. The summed E-state index contributed by atoms with van der Waals surface area (Å²) >= 11 is 0. The number of quaternary nitrogens is 1. The van der Waals surface area contributed by atoms with Gasteiger partial charge in [0.25, 0.3) is 7.82 Å². The fourth-order valence-corrected chi connectivity index (χ4v) is 1.43. The van der Waals surface area contributed by atoms with Crippen LogP contribution < -0.4 is 10.2 Å². The molecule has 0 aromatic carbocycles. The molecule has 1 amide bonds. The van der Waals surface area contributed by atoms with Gasteiger partial charge in [0.2, 0.25) is 5.91 Å². The first-order valence-corrected chi connectivity index (χ1v) is 7.06. The number of rotatable bonds is 9. The van der Waals surface area contributed by atoms with Gasteiger partial charge in [-0.1, -0.05) is 6.58 Å². The van der Waals surface area contributed by atoms with Crippen LogP contribution in [0.2, 0.25) is 0 Å². The Morgan fingerprint density at radius 3 is 2.58 bits per heavy atom. The van der Waals surface area contributed by atoms with Gasteiger partial charge in [-0.2, -0.15) is 4.67 Å². The van der Waals surface area contributed by atoms with Gasteiger partial charge in [-0.25, -0.2) is 4.89 Å². The Hall–Kier alpha value is -0.760. The predicted molar refractivity (Wildman–Crippen MR) is 66.4 cm³/mol. The number of likely N-dealkylation sites (N-methyl/N-ethyl adjacent to an activating group) is 1. The average molecular weight is 296 g/mol. The van der Waals surface area contributed by atoms with Gasteiger partial charge in [-0.15, -0.1) is 0 Å². The molecule has 0 aromatic rings. The van der Waals surface area contributed by atoms with Crippen molar-refractivity contribution in [1.82, 2.24) is 5.32 Å². The van der Waals surface area contributed by atoms with E-state index in [9.17, 15) is 14.3 Å². The first-order valence-electron chi connectivity index (χ1n) is 5.60. The standard InChI is InChI=1S/C10H21N2O6P/c1-6-10(13)11-9(2)17-18-19(14,15)16-8-7-12(3,4)5/h6,9H,1,7-8H2,2-5H3,(H-,11,13,14,15). The monoisotopic (exact) mass is 296 g/mol.